The molecule has 1 heteroatoms. The van der Waals surface area contributed by atoms with Gasteiger partial charge in [0.05, 0.1) is 0 Å². The van der Waals surface area contributed by atoms with Gasteiger partial charge in [-0.2, -0.15) is 0 Å². The molecule has 0 rings (SSSR count). The van der Waals surface area contributed by atoms with Gasteiger partial charge in [0.15, 0.2) is 0 Å². The molecule has 1 nitrogen and oxygen atoms in total. The van der Waals surface area contributed by atoms with Crippen molar-refractivity contribution in [1.82, 2.24) is 0 Å². The summed E-state index contributed by atoms with van der Waals surface area (Å²) in [6.07, 6.45) is 0.713. The lowest BCUT2D eigenvalue weighted by molar-refractivity contribution is -0.128. The first-order valence-electron chi connectivity index (χ1n) is 5.99. The Balaban J connectivity index is 4.66. The topological polar surface area (TPSA) is 17.1 Å². The molecule has 1 unspecified atom stereocenters. The maximum Gasteiger partial charge on any atom is 0.138 e. The molecule has 0 bridgehead atoms. The highest BCUT2D eigenvalue weighted by Gasteiger charge is 2.32. The first-order valence-corrected chi connectivity index (χ1v) is 5.99. The molecule has 1 atom stereocenters. The van der Waals surface area contributed by atoms with Gasteiger partial charge >= 0.3 is 0 Å². The van der Waals surface area contributed by atoms with Crippen LogP contribution in [0.1, 0.15) is 61.8 Å². The molecule has 0 fully saturated rings. The van der Waals surface area contributed by atoms with Crippen molar-refractivity contribution in [3.63, 3.8) is 0 Å². The van der Waals surface area contributed by atoms with Crippen molar-refractivity contribution in [2.75, 3.05) is 0 Å². The number of rotatable bonds is 3. The second-order valence-electron chi connectivity index (χ2n) is 7.09. The Morgan fingerprint density at radius 1 is 1.00 bits per heavy atom. The standard InChI is InChI=1S/C14H28O/c1-10(2)11(13(3,4)5)9-12(15)14(6,7)8/h10-11H,9H2,1-8H3. The van der Waals surface area contributed by atoms with Gasteiger partial charge in [0.25, 0.3) is 0 Å². The summed E-state index contributed by atoms with van der Waals surface area (Å²) in [5, 5.41) is 0. The van der Waals surface area contributed by atoms with Gasteiger partial charge in [-0.1, -0.05) is 55.4 Å². The van der Waals surface area contributed by atoms with Crippen LogP contribution in [0.15, 0.2) is 0 Å². The number of hydrogen-bond acceptors (Lipinski definition) is 1. The summed E-state index contributed by atoms with van der Waals surface area (Å²) < 4.78 is 0. The minimum Gasteiger partial charge on any atom is -0.299 e. The van der Waals surface area contributed by atoms with E-state index in [1.807, 2.05) is 20.8 Å². The van der Waals surface area contributed by atoms with E-state index in [1.54, 1.807) is 0 Å². The van der Waals surface area contributed by atoms with Crippen LogP contribution in [-0.4, -0.2) is 5.78 Å². The minimum absolute atomic E-state index is 0.196. The lowest BCUT2D eigenvalue weighted by Crippen LogP contribution is -2.32. The SMILES string of the molecule is CC(C)C(CC(=O)C(C)(C)C)C(C)(C)C. The van der Waals surface area contributed by atoms with Gasteiger partial charge in [0, 0.05) is 11.8 Å². The van der Waals surface area contributed by atoms with Gasteiger partial charge in [-0.05, 0) is 17.3 Å². The van der Waals surface area contributed by atoms with Crippen molar-refractivity contribution in [1.29, 1.82) is 0 Å². The van der Waals surface area contributed by atoms with Gasteiger partial charge in [-0.3, -0.25) is 4.79 Å². The van der Waals surface area contributed by atoms with Crippen molar-refractivity contribution in [2.45, 2.75) is 61.8 Å². The average Bonchev–Trinajstić information content (AvgIpc) is 1.94. The van der Waals surface area contributed by atoms with E-state index in [4.69, 9.17) is 0 Å². The molecule has 0 amide bonds. The summed E-state index contributed by atoms with van der Waals surface area (Å²) in [4.78, 5) is 12.0. The molecule has 0 saturated carbocycles. The summed E-state index contributed by atoms with van der Waals surface area (Å²) >= 11 is 0. The molecule has 90 valence electrons. The summed E-state index contributed by atoms with van der Waals surface area (Å²) in [5.74, 6) is 1.43. The van der Waals surface area contributed by atoms with E-state index in [1.165, 1.54) is 0 Å². The lowest BCUT2D eigenvalue weighted by atomic mass is 9.69. The molecule has 0 aliphatic carbocycles. The van der Waals surface area contributed by atoms with Crippen molar-refractivity contribution in [3.05, 3.63) is 0 Å². The third kappa shape index (κ3) is 4.81. The van der Waals surface area contributed by atoms with Crippen LogP contribution >= 0.6 is 0 Å². The van der Waals surface area contributed by atoms with Crippen molar-refractivity contribution in [3.8, 4) is 0 Å². The molecule has 0 heterocycles. The summed E-state index contributed by atoms with van der Waals surface area (Å²) in [5.41, 5.74) is 0.0213. The summed E-state index contributed by atoms with van der Waals surface area (Å²) in [7, 11) is 0. The lowest BCUT2D eigenvalue weighted by Gasteiger charge is -2.35. The highest BCUT2D eigenvalue weighted by molar-refractivity contribution is 5.83. The van der Waals surface area contributed by atoms with Crippen molar-refractivity contribution in [2.24, 2.45) is 22.7 Å². The quantitative estimate of drug-likeness (QED) is 0.681. The van der Waals surface area contributed by atoms with E-state index in [2.05, 4.69) is 34.6 Å². The fraction of sp³-hybridized carbons (Fsp3) is 0.929. The molecule has 0 aromatic heterocycles. The van der Waals surface area contributed by atoms with Gasteiger partial charge in [-0.15, -0.1) is 0 Å². The Bertz CT molecular complexity index is 212. The van der Waals surface area contributed by atoms with Crippen LogP contribution in [0.5, 0.6) is 0 Å². The van der Waals surface area contributed by atoms with Crippen LogP contribution in [0.4, 0.5) is 0 Å². The predicted molar refractivity (Wildman–Crippen MR) is 66.9 cm³/mol. The molecule has 0 aromatic rings. The van der Waals surface area contributed by atoms with Crippen LogP contribution < -0.4 is 0 Å². The third-order valence-electron chi connectivity index (χ3n) is 3.16. The maximum absolute atomic E-state index is 12.0. The van der Waals surface area contributed by atoms with Gasteiger partial charge in [0.2, 0.25) is 0 Å². The van der Waals surface area contributed by atoms with Crippen LogP contribution in [0.2, 0.25) is 0 Å². The molecule has 0 saturated heterocycles. The second-order valence-corrected chi connectivity index (χ2v) is 7.09. The molecule has 0 radical (unpaired) electrons. The van der Waals surface area contributed by atoms with Crippen LogP contribution in [0, 0.1) is 22.7 Å². The Kier molecular flexibility index (Phi) is 4.57. The van der Waals surface area contributed by atoms with E-state index < -0.39 is 0 Å². The fourth-order valence-electron chi connectivity index (χ4n) is 2.05. The average molecular weight is 212 g/mol. The van der Waals surface area contributed by atoms with Gasteiger partial charge in [-0.25, -0.2) is 0 Å². The number of ketones is 1. The highest BCUT2D eigenvalue weighted by atomic mass is 16.1. The predicted octanol–water partition coefficient (Wildman–Crippen LogP) is 4.31. The summed E-state index contributed by atoms with van der Waals surface area (Å²) in [6.45, 7) is 17.1. The molecule has 0 aliphatic rings. The molecular weight excluding hydrogens is 184 g/mol. The second kappa shape index (κ2) is 4.67. The van der Waals surface area contributed by atoms with E-state index >= 15 is 0 Å². The Labute approximate surface area is 95.6 Å². The zero-order valence-corrected chi connectivity index (χ0v) is 11.8. The molecule has 15 heavy (non-hydrogen) atoms. The fourth-order valence-corrected chi connectivity index (χ4v) is 2.05. The normalized spacial score (nSPS) is 15.5. The van der Waals surface area contributed by atoms with E-state index in [0.29, 0.717) is 24.0 Å². The smallest absolute Gasteiger partial charge is 0.138 e. The number of carbonyl (C=O) groups is 1. The molecular formula is C14H28O. The Morgan fingerprint density at radius 3 is 1.60 bits per heavy atom. The third-order valence-corrected chi connectivity index (χ3v) is 3.16. The monoisotopic (exact) mass is 212 g/mol. The van der Waals surface area contributed by atoms with Crippen molar-refractivity contribution < 1.29 is 4.79 Å². The zero-order chi connectivity index (χ0) is 12.4. The van der Waals surface area contributed by atoms with Crippen LogP contribution in [-0.2, 0) is 4.79 Å². The number of carbonyl (C=O) groups excluding carboxylic acids is 1. The summed E-state index contributed by atoms with van der Waals surface area (Å²) in [6, 6.07) is 0. The van der Waals surface area contributed by atoms with Crippen LogP contribution in [0.25, 0.3) is 0 Å². The van der Waals surface area contributed by atoms with E-state index in [-0.39, 0.29) is 10.8 Å². The van der Waals surface area contributed by atoms with Crippen LogP contribution in [0.3, 0.4) is 0 Å². The highest BCUT2D eigenvalue weighted by Crippen LogP contribution is 2.36. The number of Topliss-reactive ketones (excluding diaryl/α,β-unsaturated/α-hetero) is 1. The largest absolute Gasteiger partial charge is 0.299 e. The van der Waals surface area contributed by atoms with E-state index in [9.17, 15) is 4.79 Å². The van der Waals surface area contributed by atoms with E-state index in [0.717, 1.165) is 0 Å². The molecule has 0 aromatic carbocycles. The molecule has 0 aliphatic heterocycles. The minimum atomic E-state index is -0.196. The zero-order valence-electron chi connectivity index (χ0n) is 11.8. The first-order chi connectivity index (χ1) is 6.46. The van der Waals surface area contributed by atoms with Gasteiger partial charge < -0.3 is 0 Å². The Hall–Kier alpha value is -0.330. The van der Waals surface area contributed by atoms with Crippen molar-refractivity contribution >= 4 is 5.78 Å². The van der Waals surface area contributed by atoms with Gasteiger partial charge in [0.1, 0.15) is 5.78 Å². The first kappa shape index (κ1) is 14.7. The Morgan fingerprint density at radius 2 is 1.40 bits per heavy atom. The maximum atomic E-state index is 12.0. The molecule has 0 spiro atoms. The molecule has 0 N–H and O–H groups in total. The number of hydrogen-bond donors (Lipinski definition) is 0.